The number of rotatable bonds is 5. The Kier molecular flexibility index (Phi) is 4.55. The number of benzene rings is 1. The molecule has 0 radical (unpaired) electrons. The van der Waals surface area contributed by atoms with E-state index < -0.39 is 11.3 Å². The zero-order valence-corrected chi connectivity index (χ0v) is 10.9. The van der Waals surface area contributed by atoms with Gasteiger partial charge in [-0.3, -0.25) is 4.79 Å². The number of nitrogens with one attached hydrogen (secondary N) is 1. The van der Waals surface area contributed by atoms with Gasteiger partial charge in [0.25, 0.3) is 5.91 Å². The molecule has 1 rings (SSSR count). The van der Waals surface area contributed by atoms with Crippen LogP contribution in [-0.2, 0) is 0 Å². The van der Waals surface area contributed by atoms with Crippen LogP contribution in [0.25, 0.3) is 0 Å². The number of phenolic OH excluding ortho intramolecular Hbond substituents is 1. The number of phenols is 1. The van der Waals surface area contributed by atoms with Gasteiger partial charge in [-0.1, -0.05) is 19.9 Å². The normalized spacial score (nSPS) is 11.1. The quantitative estimate of drug-likeness (QED) is 0.735. The molecule has 100 valence electrons. The van der Waals surface area contributed by atoms with Crippen LogP contribution in [0, 0.1) is 5.41 Å². The van der Waals surface area contributed by atoms with E-state index in [0.717, 1.165) is 0 Å². The van der Waals surface area contributed by atoms with Gasteiger partial charge in [-0.25, -0.2) is 0 Å². The molecular formula is C13H19NO4. The fourth-order valence-corrected chi connectivity index (χ4v) is 1.34. The molecule has 0 atom stereocenters. The Balaban J connectivity index is 2.79. The third kappa shape index (κ3) is 3.37. The van der Waals surface area contributed by atoms with E-state index in [1.807, 2.05) is 13.8 Å². The summed E-state index contributed by atoms with van der Waals surface area (Å²) < 4.78 is 4.93. The maximum atomic E-state index is 11.9. The lowest BCUT2D eigenvalue weighted by molar-refractivity contribution is 0.0908. The molecule has 18 heavy (non-hydrogen) atoms. The Morgan fingerprint density at radius 3 is 2.67 bits per heavy atom. The summed E-state index contributed by atoms with van der Waals surface area (Å²) in [6.45, 7) is 3.95. The van der Waals surface area contributed by atoms with Gasteiger partial charge in [0.1, 0.15) is 0 Å². The molecule has 5 heteroatoms. The number of methoxy groups -OCH3 is 1. The molecule has 1 amide bonds. The zero-order valence-electron chi connectivity index (χ0n) is 10.9. The first-order valence-corrected chi connectivity index (χ1v) is 5.66. The summed E-state index contributed by atoms with van der Waals surface area (Å²) in [5, 5.41) is 21.6. The average molecular weight is 253 g/mol. The number of ether oxygens (including phenoxy) is 1. The second-order valence-corrected chi connectivity index (χ2v) is 4.86. The Morgan fingerprint density at radius 2 is 2.11 bits per heavy atom. The van der Waals surface area contributed by atoms with Gasteiger partial charge < -0.3 is 20.3 Å². The minimum atomic E-state index is -0.399. The molecular weight excluding hydrogens is 234 g/mol. The van der Waals surface area contributed by atoms with Crippen molar-refractivity contribution in [2.75, 3.05) is 20.3 Å². The topological polar surface area (TPSA) is 78.8 Å². The molecule has 0 bridgehead atoms. The van der Waals surface area contributed by atoms with E-state index in [0.29, 0.717) is 6.54 Å². The van der Waals surface area contributed by atoms with E-state index in [9.17, 15) is 9.90 Å². The molecule has 0 saturated carbocycles. The summed E-state index contributed by atoms with van der Waals surface area (Å²) in [4.78, 5) is 11.9. The third-order valence-electron chi connectivity index (χ3n) is 2.62. The summed E-state index contributed by atoms with van der Waals surface area (Å²) in [6, 6.07) is 4.72. The van der Waals surface area contributed by atoms with Gasteiger partial charge in [-0.05, 0) is 12.1 Å². The van der Waals surface area contributed by atoms with Crippen molar-refractivity contribution in [3.63, 3.8) is 0 Å². The summed E-state index contributed by atoms with van der Waals surface area (Å²) in [6.07, 6.45) is 0. The molecule has 0 aliphatic carbocycles. The van der Waals surface area contributed by atoms with E-state index in [-0.39, 0.29) is 23.7 Å². The number of aromatic hydroxyl groups is 1. The molecule has 0 aliphatic rings. The number of para-hydroxylation sites is 1. The van der Waals surface area contributed by atoms with Crippen molar-refractivity contribution < 1.29 is 19.7 Å². The highest BCUT2D eigenvalue weighted by Crippen LogP contribution is 2.29. The minimum Gasteiger partial charge on any atom is -0.504 e. The number of carbonyl (C=O) groups excluding carboxylic acids is 1. The summed E-state index contributed by atoms with van der Waals surface area (Å²) in [5.41, 5.74) is -0.243. The molecule has 1 aromatic rings. The first kappa shape index (κ1) is 14.3. The number of aliphatic hydroxyl groups is 1. The number of hydrogen-bond acceptors (Lipinski definition) is 4. The van der Waals surface area contributed by atoms with E-state index in [2.05, 4.69) is 5.32 Å². The van der Waals surface area contributed by atoms with Crippen molar-refractivity contribution in [3.8, 4) is 11.5 Å². The molecule has 0 fully saturated rings. The molecule has 0 unspecified atom stereocenters. The highest BCUT2D eigenvalue weighted by molar-refractivity contribution is 5.97. The first-order chi connectivity index (χ1) is 8.41. The molecule has 0 aliphatic heterocycles. The molecule has 0 saturated heterocycles. The Bertz CT molecular complexity index is 429. The molecule has 0 spiro atoms. The predicted octanol–water partition coefficient (Wildman–Crippen LogP) is 1.15. The van der Waals surface area contributed by atoms with Crippen LogP contribution in [0.3, 0.4) is 0 Å². The van der Waals surface area contributed by atoms with Crippen molar-refractivity contribution in [1.29, 1.82) is 0 Å². The molecule has 3 N–H and O–H groups in total. The summed E-state index contributed by atoms with van der Waals surface area (Å²) in [7, 11) is 1.42. The summed E-state index contributed by atoms with van der Waals surface area (Å²) >= 11 is 0. The monoisotopic (exact) mass is 253 g/mol. The third-order valence-corrected chi connectivity index (χ3v) is 2.62. The standard InChI is InChI=1S/C13H19NO4/c1-13(2,8-15)7-14-12(17)9-5-4-6-10(18-3)11(9)16/h4-6,15-16H,7-8H2,1-3H3,(H,14,17). The van der Waals surface area contributed by atoms with Gasteiger partial charge in [0.15, 0.2) is 11.5 Å². The highest BCUT2D eigenvalue weighted by atomic mass is 16.5. The zero-order chi connectivity index (χ0) is 13.8. The van der Waals surface area contributed by atoms with Crippen LogP contribution in [-0.4, -0.2) is 36.4 Å². The van der Waals surface area contributed by atoms with Crippen LogP contribution in [0.2, 0.25) is 0 Å². The smallest absolute Gasteiger partial charge is 0.255 e. The van der Waals surface area contributed by atoms with Crippen molar-refractivity contribution in [2.45, 2.75) is 13.8 Å². The molecule has 5 nitrogen and oxygen atoms in total. The highest BCUT2D eigenvalue weighted by Gasteiger charge is 2.20. The SMILES string of the molecule is COc1cccc(C(=O)NCC(C)(C)CO)c1O. The minimum absolute atomic E-state index is 0.0304. The maximum absolute atomic E-state index is 11.9. The van der Waals surface area contributed by atoms with E-state index >= 15 is 0 Å². The lowest BCUT2D eigenvalue weighted by Crippen LogP contribution is -2.36. The average Bonchev–Trinajstić information content (AvgIpc) is 2.36. The van der Waals surface area contributed by atoms with Gasteiger partial charge in [-0.2, -0.15) is 0 Å². The number of carbonyl (C=O) groups is 1. The second-order valence-electron chi connectivity index (χ2n) is 4.86. The second kappa shape index (κ2) is 5.73. The lowest BCUT2D eigenvalue weighted by atomic mass is 9.95. The molecule has 0 aromatic heterocycles. The molecule has 0 heterocycles. The van der Waals surface area contributed by atoms with Crippen molar-refractivity contribution in [2.24, 2.45) is 5.41 Å². The fourth-order valence-electron chi connectivity index (χ4n) is 1.34. The van der Waals surface area contributed by atoms with Gasteiger partial charge in [-0.15, -0.1) is 0 Å². The largest absolute Gasteiger partial charge is 0.504 e. The Hall–Kier alpha value is -1.75. The van der Waals surface area contributed by atoms with Gasteiger partial charge in [0.2, 0.25) is 0 Å². The number of aliphatic hydroxyl groups excluding tert-OH is 1. The van der Waals surface area contributed by atoms with Crippen LogP contribution in [0.1, 0.15) is 24.2 Å². The van der Waals surface area contributed by atoms with Crippen LogP contribution >= 0.6 is 0 Å². The van der Waals surface area contributed by atoms with Crippen molar-refractivity contribution in [1.82, 2.24) is 5.32 Å². The lowest BCUT2D eigenvalue weighted by Gasteiger charge is -2.22. The first-order valence-electron chi connectivity index (χ1n) is 5.66. The number of amides is 1. The fraction of sp³-hybridized carbons (Fsp3) is 0.462. The summed E-state index contributed by atoms with van der Waals surface area (Å²) in [5.74, 6) is -0.323. The van der Waals surface area contributed by atoms with Crippen LogP contribution < -0.4 is 10.1 Å². The Morgan fingerprint density at radius 1 is 1.44 bits per heavy atom. The van der Waals surface area contributed by atoms with Crippen molar-refractivity contribution >= 4 is 5.91 Å². The molecule has 1 aromatic carbocycles. The van der Waals surface area contributed by atoms with Gasteiger partial charge in [0, 0.05) is 18.6 Å². The van der Waals surface area contributed by atoms with Crippen LogP contribution in [0.4, 0.5) is 0 Å². The maximum Gasteiger partial charge on any atom is 0.255 e. The number of hydrogen-bond donors (Lipinski definition) is 3. The van der Waals surface area contributed by atoms with Gasteiger partial charge >= 0.3 is 0 Å². The van der Waals surface area contributed by atoms with Crippen LogP contribution in [0.5, 0.6) is 11.5 Å². The predicted molar refractivity (Wildman–Crippen MR) is 67.9 cm³/mol. The van der Waals surface area contributed by atoms with Crippen molar-refractivity contribution in [3.05, 3.63) is 23.8 Å². The van der Waals surface area contributed by atoms with E-state index in [4.69, 9.17) is 9.84 Å². The van der Waals surface area contributed by atoms with Gasteiger partial charge in [0.05, 0.1) is 12.7 Å². The van der Waals surface area contributed by atoms with Crippen LogP contribution in [0.15, 0.2) is 18.2 Å². The van der Waals surface area contributed by atoms with E-state index in [1.54, 1.807) is 12.1 Å². The Labute approximate surface area is 106 Å². The van der Waals surface area contributed by atoms with E-state index in [1.165, 1.54) is 13.2 Å².